The van der Waals surface area contributed by atoms with Crippen LogP contribution >= 0.6 is 11.3 Å². The molecule has 1 fully saturated rings. The molecule has 3 rings (SSSR count). The zero-order valence-corrected chi connectivity index (χ0v) is 18.7. The maximum absolute atomic E-state index is 12.9. The van der Waals surface area contributed by atoms with E-state index in [2.05, 4.69) is 10.3 Å². The maximum atomic E-state index is 12.9. The Kier molecular flexibility index (Phi) is 6.94. The van der Waals surface area contributed by atoms with Crippen molar-refractivity contribution in [1.82, 2.24) is 4.98 Å². The predicted molar refractivity (Wildman–Crippen MR) is 117 cm³/mol. The predicted octanol–water partition coefficient (Wildman–Crippen LogP) is 3.93. The molecule has 32 heavy (non-hydrogen) atoms. The SMILES string of the molecule is CC(C)(C)OC(=O)N(c1ccc(C(=O)Nc2ncc([N+](=O)[O-])s2)c(O)c1)C1CCOCC1. The smallest absolute Gasteiger partial charge is 0.415 e. The first kappa shape index (κ1) is 23.4. The van der Waals surface area contributed by atoms with E-state index in [4.69, 9.17) is 9.47 Å². The summed E-state index contributed by atoms with van der Waals surface area (Å²) in [5.41, 5.74) is -0.397. The highest BCUT2D eigenvalue weighted by Crippen LogP contribution is 2.31. The van der Waals surface area contributed by atoms with Gasteiger partial charge in [0.2, 0.25) is 0 Å². The van der Waals surface area contributed by atoms with Gasteiger partial charge in [0.05, 0.1) is 16.2 Å². The lowest BCUT2D eigenvalue weighted by Crippen LogP contribution is -2.46. The molecule has 2 heterocycles. The van der Waals surface area contributed by atoms with E-state index in [1.165, 1.54) is 23.1 Å². The van der Waals surface area contributed by atoms with Crippen molar-refractivity contribution in [2.24, 2.45) is 0 Å². The first-order valence-corrected chi connectivity index (χ1v) is 10.7. The number of anilines is 2. The quantitative estimate of drug-likeness (QED) is 0.500. The Hall–Kier alpha value is -3.25. The Bertz CT molecular complexity index is 1010. The summed E-state index contributed by atoms with van der Waals surface area (Å²) in [5.74, 6) is -1.04. The second-order valence-electron chi connectivity index (χ2n) is 8.11. The summed E-state index contributed by atoms with van der Waals surface area (Å²) in [5, 5.41) is 23.5. The molecular weight excluding hydrogens is 440 g/mol. The fourth-order valence-corrected chi connectivity index (χ4v) is 3.78. The largest absolute Gasteiger partial charge is 0.507 e. The molecule has 0 spiro atoms. The van der Waals surface area contributed by atoms with Gasteiger partial charge in [-0.05, 0) is 57.1 Å². The lowest BCUT2D eigenvalue weighted by Gasteiger charge is -2.35. The molecule has 0 aliphatic carbocycles. The van der Waals surface area contributed by atoms with Crippen molar-refractivity contribution in [3.63, 3.8) is 0 Å². The van der Waals surface area contributed by atoms with Crippen LogP contribution in [-0.4, -0.2) is 51.9 Å². The number of phenols is 1. The van der Waals surface area contributed by atoms with Crippen LogP contribution in [0.15, 0.2) is 24.4 Å². The summed E-state index contributed by atoms with van der Waals surface area (Å²) in [7, 11) is 0. The molecule has 0 atom stereocenters. The zero-order chi connectivity index (χ0) is 23.5. The number of rotatable bonds is 5. The molecule has 1 saturated heterocycles. The fourth-order valence-electron chi connectivity index (χ4n) is 3.15. The number of hydrogen-bond acceptors (Lipinski definition) is 9. The van der Waals surface area contributed by atoms with Crippen LogP contribution < -0.4 is 10.2 Å². The van der Waals surface area contributed by atoms with E-state index in [0.29, 0.717) is 43.1 Å². The molecule has 0 bridgehead atoms. The Balaban J connectivity index is 1.83. The van der Waals surface area contributed by atoms with Gasteiger partial charge in [-0.1, -0.05) is 0 Å². The number of phenolic OH excluding ortho intramolecular Hbond substituents is 1. The first-order valence-electron chi connectivity index (χ1n) is 9.89. The second-order valence-corrected chi connectivity index (χ2v) is 9.12. The van der Waals surface area contributed by atoms with Crippen molar-refractivity contribution in [3.05, 3.63) is 40.1 Å². The Morgan fingerprint density at radius 2 is 2.03 bits per heavy atom. The lowest BCUT2D eigenvalue weighted by molar-refractivity contribution is -0.380. The number of nitro groups is 1. The molecular formula is C20H24N4O7S. The number of ether oxygens (including phenoxy) is 2. The summed E-state index contributed by atoms with van der Waals surface area (Å²) >= 11 is 0.701. The van der Waals surface area contributed by atoms with E-state index >= 15 is 0 Å². The van der Waals surface area contributed by atoms with Gasteiger partial charge < -0.3 is 14.6 Å². The number of nitrogens with zero attached hydrogens (tertiary/aromatic N) is 3. The number of benzene rings is 1. The Morgan fingerprint density at radius 3 is 2.59 bits per heavy atom. The van der Waals surface area contributed by atoms with Crippen LogP contribution in [0.25, 0.3) is 0 Å². The van der Waals surface area contributed by atoms with Crippen LogP contribution in [0.1, 0.15) is 44.0 Å². The van der Waals surface area contributed by atoms with Crippen LogP contribution in [0, 0.1) is 10.1 Å². The van der Waals surface area contributed by atoms with Crippen LogP contribution in [0.3, 0.4) is 0 Å². The summed E-state index contributed by atoms with van der Waals surface area (Å²) in [6.45, 7) is 6.29. The molecule has 2 N–H and O–H groups in total. The molecule has 2 amide bonds. The van der Waals surface area contributed by atoms with Crippen molar-refractivity contribution in [1.29, 1.82) is 0 Å². The minimum Gasteiger partial charge on any atom is -0.507 e. The summed E-state index contributed by atoms with van der Waals surface area (Å²) in [6.07, 6.45) is 1.68. The molecule has 1 aromatic heterocycles. The highest BCUT2D eigenvalue weighted by Gasteiger charge is 2.31. The highest BCUT2D eigenvalue weighted by molar-refractivity contribution is 7.18. The van der Waals surface area contributed by atoms with Crippen molar-refractivity contribution in [2.75, 3.05) is 23.4 Å². The molecule has 12 heteroatoms. The molecule has 0 saturated carbocycles. The maximum Gasteiger partial charge on any atom is 0.415 e. The number of amides is 2. The molecule has 11 nitrogen and oxygen atoms in total. The molecule has 0 radical (unpaired) electrons. The Morgan fingerprint density at radius 1 is 1.34 bits per heavy atom. The molecule has 0 unspecified atom stereocenters. The number of carbonyl (C=O) groups excluding carboxylic acids is 2. The van der Waals surface area contributed by atoms with Gasteiger partial charge in [0.25, 0.3) is 5.91 Å². The van der Waals surface area contributed by atoms with Crippen LogP contribution in [-0.2, 0) is 9.47 Å². The van der Waals surface area contributed by atoms with Crippen molar-refractivity contribution in [3.8, 4) is 5.75 Å². The van der Waals surface area contributed by atoms with E-state index in [9.17, 15) is 24.8 Å². The summed E-state index contributed by atoms with van der Waals surface area (Å²) < 4.78 is 10.9. The molecule has 1 aliphatic rings. The van der Waals surface area contributed by atoms with Gasteiger partial charge in [-0.2, -0.15) is 0 Å². The third-order valence-electron chi connectivity index (χ3n) is 4.54. The number of nitrogens with one attached hydrogen (secondary N) is 1. The number of aromatic hydroxyl groups is 1. The van der Waals surface area contributed by atoms with Gasteiger partial charge in [0.1, 0.15) is 17.5 Å². The minimum absolute atomic E-state index is 0.0303. The number of hydrogen-bond donors (Lipinski definition) is 2. The first-order chi connectivity index (χ1) is 15.0. The van der Waals surface area contributed by atoms with Gasteiger partial charge in [0, 0.05) is 25.3 Å². The third-order valence-corrected chi connectivity index (χ3v) is 5.41. The average molecular weight is 465 g/mol. The van der Waals surface area contributed by atoms with Gasteiger partial charge in [-0.25, -0.2) is 9.78 Å². The minimum atomic E-state index is -0.710. The highest BCUT2D eigenvalue weighted by atomic mass is 32.1. The van der Waals surface area contributed by atoms with E-state index in [-0.39, 0.29) is 27.5 Å². The third kappa shape index (κ3) is 5.71. The zero-order valence-electron chi connectivity index (χ0n) is 17.9. The topological polar surface area (TPSA) is 144 Å². The van der Waals surface area contributed by atoms with Crippen LogP contribution in [0.2, 0.25) is 0 Å². The van der Waals surface area contributed by atoms with E-state index < -0.39 is 22.5 Å². The monoisotopic (exact) mass is 464 g/mol. The number of thiazole rings is 1. The van der Waals surface area contributed by atoms with Gasteiger partial charge in [0.15, 0.2) is 5.13 Å². The van der Waals surface area contributed by atoms with Crippen LogP contribution in [0.5, 0.6) is 5.75 Å². The van der Waals surface area contributed by atoms with E-state index in [1.807, 2.05) is 0 Å². The van der Waals surface area contributed by atoms with Gasteiger partial charge >= 0.3 is 11.1 Å². The van der Waals surface area contributed by atoms with Crippen molar-refractivity contribution < 1.29 is 29.1 Å². The standard InChI is InChI=1S/C20H24N4O7S/c1-20(2,3)31-19(27)23(12-6-8-30-9-7-12)13-4-5-14(15(25)10-13)17(26)22-18-21-11-16(32-18)24(28)29/h4-5,10-12,25H,6-9H2,1-3H3,(H,21,22,26). The van der Waals surface area contributed by atoms with Crippen molar-refractivity contribution in [2.45, 2.75) is 45.3 Å². The second kappa shape index (κ2) is 9.49. The van der Waals surface area contributed by atoms with E-state index in [0.717, 1.165) is 6.20 Å². The average Bonchev–Trinajstić information content (AvgIpc) is 3.16. The normalized spacial score (nSPS) is 14.6. The lowest BCUT2D eigenvalue weighted by atomic mass is 10.1. The molecule has 172 valence electrons. The fraction of sp³-hybridized carbons (Fsp3) is 0.450. The molecule has 1 aliphatic heterocycles. The molecule has 1 aromatic carbocycles. The summed E-state index contributed by atoms with van der Waals surface area (Å²) in [6, 6.07) is 4.05. The molecule has 2 aromatic rings. The van der Waals surface area contributed by atoms with Gasteiger partial charge in [-0.15, -0.1) is 0 Å². The Labute approximate surface area is 188 Å². The van der Waals surface area contributed by atoms with Crippen molar-refractivity contribution >= 4 is 39.2 Å². The van der Waals surface area contributed by atoms with E-state index in [1.54, 1.807) is 20.8 Å². The van der Waals surface area contributed by atoms with Crippen LogP contribution in [0.4, 0.5) is 20.6 Å². The number of carbonyl (C=O) groups is 2. The summed E-state index contributed by atoms with van der Waals surface area (Å²) in [4.78, 5) is 40.9. The number of aromatic nitrogens is 1. The van der Waals surface area contributed by atoms with Gasteiger partial charge in [-0.3, -0.25) is 25.1 Å².